The van der Waals surface area contributed by atoms with E-state index >= 15 is 0 Å². The number of ether oxygens (including phenoxy) is 3. The molecule has 0 bridgehead atoms. The topological polar surface area (TPSA) is 94.2 Å². The van der Waals surface area contributed by atoms with Gasteiger partial charge in [0, 0.05) is 30.6 Å². The van der Waals surface area contributed by atoms with E-state index in [1.807, 2.05) is 47.6 Å². The zero-order chi connectivity index (χ0) is 24.7. The Hall–Kier alpha value is -3.03. The fraction of sp³-hybridized carbons (Fsp3) is 0.560. The van der Waals surface area contributed by atoms with Crippen molar-refractivity contribution in [3.8, 4) is 5.75 Å². The van der Waals surface area contributed by atoms with Crippen LogP contribution >= 0.6 is 0 Å². The van der Waals surface area contributed by atoms with E-state index in [9.17, 15) is 14.4 Å². The summed E-state index contributed by atoms with van der Waals surface area (Å²) < 4.78 is 16.2. The number of rotatable bonds is 10. The molecule has 1 aliphatic rings. The molecule has 8 heteroatoms. The average Bonchev–Trinajstić information content (AvgIpc) is 3.15. The summed E-state index contributed by atoms with van der Waals surface area (Å²) >= 11 is 0. The predicted octanol–water partition coefficient (Wildman–Crippen LogP) is 4.77. The summed E-state index contributed by atoms with van der Waals surface area (Å²) in [4.78, 5) is 39.0. The monoisotopic (exact) mass is 460 g/mol. The molecule has 0 spiro atoms. The molecule has 0 saturated carbocycles. The molecule has 0 radical (unpaired) electrons. The largest absolute Gasteiger partial charge is 0.496 e. The highest BCUT2D eigenvalue weighted by atomic mass is 16.5. The maximum absolute atomic E-state index is 12.9. The number of fused-ring (bicyclic) bond motifs is 1. The van der Waals surface area contributed by atoms with Crippen LogP contribution in [0.1, 0.15) is 74.5 Å². The van der Waals surface area contributed by atoms with E-state index in [4.69, 9.17) is 14.2 Å². The van der Waals surface area contributed by atoms with Crippen LogP contribution in [0.2, 0.25) is 0 Å². The molecule has 33 heavy (non-hydrogen) atoms. The first kappa shape index (κ1) is 26.2. The second kappa shape index (κ2) is 11.7. The van der Waals surface area contributed by atoms with Crippen LogP contribution in [0.15, 0.2) is 11.6 Å². The van der Waals surface area contributed by atoms with Crippen LogP contribution in [0.3, 0.4) is 0 Å². The fourth-order valence-electron chi connectivity index (χ4n) is 3.89. The van der Waals surface area contributed by atoms with E-state index in [1.165, 1.54) is 0 Å². The number of amides is 2. The number of carbonyl (C=O) groups excluding carboxylic acids is 3. The Morgan fingerprint density at radius 3 is 2.45 bits per heavy atom. The first-order chi connectivity index (χ1) is 15.6. The lowest BCUT2D eigenvalue weighted by Crippen LogP contribution is -2.35. The van der Waals surface area contributed by atoms with Gasteiger partial charge in [-0.3, -0.25) is 4.79 Å². The van der Waals surface area contributed by atoms with Crippen molar-refractivity contribution in [2.75, 3.05) is 25.5 Å². The normalized spacial score (nSPS) is 13.0. The molecular formula is C25H36N2O6. The van der Waals surface area contributed by atoms with E-state index in [1.54, 1.807) is 12.0 Å². The van der Waals surface area contributed by atoms with E-state index in [0.717, 1.165) is 16.7 Å². The summed E-state index contributed by atoms with van der Waals surface area (Å²) in [7, 11) is 1.57. The first-order valence-electron chi connectivity index (χ1n) is 11.4. The Morgan fingerprint density at radius 1 is 1.21 bits per heavy atom. The number of benzene rings is 1. The SMILES string of the molecule is CCN(CC)C(=O)Nc1c(C/C=C(\C)CCC(=O)OC(C)C)c(OC)c(C)c2c1C(=O)OC2. The summed E-state index contributed by atoms with van der Waals surface area (Å²) in [5.74, 6) is -0.0761. The van der Waals surface area contributed by atoms with Crippen LogP contribution in [-0.2, 0) is 27.3 Å². The number of nitrogens with zero attached hydrogens (tertiary/aromatic N) is 1. The molecule has 0 atom stereocenters. The minimum atomic E-state index is -0.455. The summed E-state index contributed by atoms with van der Waals surface area (Å²) in [5.41, 5.74) is 4.07. The second-order valence-corrected chi connectivity index (χ2v) is 8.34. The maximum atomic E-state index is 12.9. The maximum Gasteiger partial charge on any atom is 0.341 e. The van der Waals surface area contributed by atoms with Crippen LogP contribution in [0.5, 0.6) is 5.75 Å². The van der Waals surface area contributed by atoms with Crippen LogP contribution in [-0.4, -0.2) is 49.2 Å². The van der Waals surface area contributed by atoms with Gasteiger partial charge in [-0.15, -0.1) is 0 Å². The van der Waals surface area contributed by atoms with E-state index in [-0.39, 0.29) is 24.7 Å². The number of hydrogen-bond donors (Lipinski definition) is 1. The quantitative estimate of drug-likeness (QED) is 0.399. The van der Waals surface area contributed by atoms with Gasteiger partial charge in [-0.05, 0) is 59.9 Å². The number of hydrogen-bond acceptors (Lipinski definition) is 6. The number of nitrogens with one attached hydrogen (secondary N) is 1. The zero-order valence-electron chi connectivity index (χ0n) is 20.8. The highest BCUT2D eigenvalue weighted by molar-refractivity contribution is 6.05. The number of cyclic esters (lactones) is 1. The lowest BCUT2D eigenvalue weighted by atomic mass is 9.93. The predicted molar refractivity (Wildman–Crippen MR) is 127 cm³/mol. The number of methoxy groups -OCH3 is 1. The summed E-state index contributed by atoms with van der Waals surface area (Å²) in [6.45, 7) is 12.5. The average molecular weight is 461 g/mol. The van der Waals surface area contributed by atoms with E-state index in [0.29, 0.717) is 54.9 Å². The molecule has 1 heterocycles. The van der Waals surface area contributed by atoms with Gasteiger partial charge in [-0.2, -0.15) is 0 Å². The van der Waals surface area contributed by atoms with Gasteiger partial charge in [0.15, 0.2) is 0 Å². The van der Waals surface area contributed by atoms with Gasteiger partial charge < -0.3 is 24.4 Å². The zero-order valence-corrected chi connectivity index (χ0v) is 20.8. The molecule has 0 fully saturated rings. The molecule has 0 aromatic heterocycles. The molecule has 1 aromatic carbocycles. The Kier molecular flexibility index (Phi) is 9.32. The molecule has 1 N–H and O–H groups in total. The van der Waals surface area contributed by atoms with Crippen LogP contribution in [0.4, 0.5) is 10.5 Å². The van der Waals surface area contributed by atoms with Gasteiger partial charge in [0.1, 0.15) is 12.4 Å². The van der Waals surface area contributed by atoms with Gasteiger partial charge in [-0.1, -0.05) is 11.6 Å². The third-order valence-electron chi connectivity index (χ3n) is 5.70. The molecule has 0 unspecified atom stereocenters. The molecule has 2 rings (SSSR count). The van der Waals surface area contributed by atoms with Crippen molar-refractivity contribution in [3.63, 3.8) is 0 Å². The molecular weight excluding hydrogens is 424 g/mol. The van der Waals surface area contributed by atoms with Gasteiger partial charge in [0.2, 0.25) is 0 Å². The molecule has 8 nitrogen and oxygen atoms in total. The standard InChI is InChI=1S/C25H36N2O6/c1-8-27(9-2)25(30)26-22-18(12-10-16(5)11-13-20(28)33-15(3)4)23(31-7)17(6)19-14-32-24(29)21(19)22/h10,15H,8-9,11-14H2,1-7H3,(H,26,30)/b16-10+. The highest BCUT2D eigenvalue weighted by Crippen LogP contribution is 2.41. The second-order valence-electron chi connectivity index (χ2n) is 8.34. The first-order valence-corrected chi connectivity index (χ1v) is 11.4. The third kappa shape index (κ3) is 6.27. The third-order valence-corrected chi connectivity index (χ3v) is 5.70. The Labute approximate surface area is 196 Å². The Morgan fingerprint density at radius 2 is 1.88 bits per heavy atom. The number of esters is 2. The van der Waals surface area contributed by atoms with Crippen molar-refractivity contribution in [2.45, 2.75) is 73.5 Å². The Balaban J connectivity index is 2.42. The number of carbonyl (C=O) groups is 3. The van der Waals surface area contributed by atoms with Crippen molar-refractivity contribution < 1.29 is 28.6 Å². The summed E-state index contributed by atoms with van der Waals surface area (Å²) in [6, 6.07) is -0.286. The summed E-state index contributed by atoms with van der Waals surface area (Å²) in [5, 5.41) is 2.94. The molecule has 1 aliphatic heterocycles. The molecule has 182 valence electrons. The van der Waals surface area contributed by atoms with Gasteiger partial charge in [-0.25, -0.2) is 9.59 Å². The smallest absolute Gasteiger partial charge is 0.341 e. The highest BCUT2D eigenvalue weighted by Gasteiger charge is 2.33. The van der Waals surface area contributed by atoms with Gasteiger partial charge >= 0.3 is 18.0 Å². The molecule has 0 saturated heterocycles. The van der Waals surface area contributed by atoms with Gasteiger partial charge in [0.25, 0.3) is 0 Å². The molecule has 2 amide bonds. The summed E-state index contributed by atoms with van der Waals surface area (Å²) in [6.07, 6.45) is 3.11. The number of anilines is 1. The lowest BCUT2D eigenvalue weighted by molar-refractivity contribution is -0.147. The van der Waals surface area contributed by atoms with Crippen LogP contribution in [0.25, 0.3) is 0 Å². The van der Waals surface area contributed by atoms with Crippen molar-refractivity contribution in [3.05, 3.63) is 33.9 Å². The minimum Gasteiger partial charge on any atom is -0.496 e. The van der Waals surface area contributed by atoms with Crippen LogP contribution < -0.4 is 10.1 Å². The molecule has 1 aromatic rings. The van der Waals surface area contributed by atoms with Crippen LogP contribution in [0, 0.1) is 6.92 Å². The van der Waals surface area contributed by atoms with E-state index in [2.05, 4.69) is 5.32 Å². The minimum absolute atomic E-state index is 0.142. The van der Waals surface area contributed by atoms with Crippen molar-refractivity contribution in [1.82, 2.24) is 4.90 Å². The Bertz CT molecular complexity index is 932. The molecule has 0 aliphatic carbocycles. The van der Waals surface area contributed by atoms with Crippen molar-refractivity contribution in [2.24, 2.45) is 0 Å². The van der Waals surface area contributed by atoms with Crippen molar-refractivity contribution in [1.29, 1.82) is 0 Å². The van der Waals surface area contributed by atoms with E-state index < -0.39 is 5.97 Å². The number of allylic oxidation sites excluding steroid dienone is 2. The fourth-order valence-corrected chi connectivity index (χ4v) is 3.89. The number of urea groups is 1. The van der Waals surface area contributed by atoms with Gasteiger partial charge in [0.05, 0.1) is 24.5 Å². The lowest BCUT2D eigenvalue weighted by Gasteiger charge is -2.23. The van der Waals surface area contributed by atoms with Crippen molar-refractivity contribution >= 4 is 23.7 Å².